The van der Waals surface area contributed by atoms with Crippen molar-refractivity contribution in [2.75, 3.05) is 28.7 Å². The number of rotatable bonds is 8. The molecule has 0 spiro atoms. The van der Waals surface area contributed by atoms with Crippen LogP contribution in [-0.2, 0) is 0 Å². The van der Waals surface area contributed by atoms with Gasteiger partial charge in [0.2, 0.25) is 17.8 Å². The molecule has 1 fully saturated rings. The third kappa shape index (κ3) is 6.06. The molecule has 4 aromatic rings. The van der Waals surface area contributed by atoms with Crippen LogP contribution >= 0.6 is 0 Å². The first-order valence-corrected chi connectivity index (χ1v) is 12.9. The van der Waals surface area contributed by atoms with E-state index in [1.807, 2.05) is 12.1 Å². The van der Waals surface area contributed by atoms with Crippen molar-refractivity contribution in [3.05, 3.63) is 77.0 Å². The van der Waals surface area contributed by atoms with Gasteiger partial charge in [0.05, 0.1) is 11.8 Å². The molecule has 1 aliphatic heterocycles. The molecule has 200 valence electrons. The average molecular weight is 526 g/mol. The number of hydrogen-bond donors (Lipinski definition) is 3. The molecule has 39 heavy (non-hydrogen) atoms. The number of carbonyl (C=O) groups is 1. The Kier molecular flexibility index (Phi) is 7.53. The Morgan fingerprint density at radius 1 is 1.03 bits per heavy atom. The van der Waals surface area contributed by atoms with E-state index in [1.165, 1.54) is 11.8 Å². The molecule has 0 unspecified atom stereocenters. The van der Waals surface area contributed by atoms with Gasteiger partial charge >= 0.3 is 5.97 Å². The lowest BCUT2D eigenvalue weighted by Crippen LogP contribution is -2.34. The standard InChI is InChI=1S/C29H31N7O3/c1-18-13-15-36(16-14-18)29-33-27(31-24-10-6-7-19(2)20(24)3)32-28(34-29)35-30-17-21-11-12-25(39-21)22-8-4-5-9-23(22)26(37)38/h4-12,17-18H,13-16H2,1-3H3,(H,37,38)(H2,31,32,33,34,35)/b30-17-. The van der Waals surface area contributed by atoms with Crippen LogP contribution in [0.4, 0.5) is 23.5 Å². The molecule has 0 radical (unpaired) electrons. The van der Waals surface area contributed by atoms with Crippen molar-refractivity contribution in [3.8, 4) is 11.3 Å². The van der Waals surface area contributed by atoms with Crippen molar-refractivity contribution in [3.63, 3.8) is 0 Å². The van der Waals surface area contributed by atoms with E-state index in [2.05, 4.69) is 57.5 Å². The summed E-state index contributed by atoms with van der Waals surface area (Å²) in [5.74, 6) is 1.87. The van der Waals surface area contributed by atoms with Gasteiger partial charge in [-0.2, -0.15) is 20.1 Å². The smallest absolute Gasteiger partial charge is 0.336 e. The minimum absolute atomic E-state index is 0.169. The summed E-state index contributed by atoms with van der Waals surface area (Å²) >= 11 is 0. The van der Waals surface area contributed by atoms with E-state index in [0.29, 0.717) is 40.8 Å². The number of nitrogens with one attached hydrogen (secondary N) is 2. The van der Waals surface area contributed by atoms with Crippen molar-refractivity contribution >= 4 is 35.7 Å². The second kappa shape index (κ2) is 11.3. The highest BCUT2D eigenvalue weighted by molar-refractivity contribution is 5.95. The average Bonchev–Trinajstić information content (AvgIpc) is 3.40. The molecule has 0 aliphatic carbocycles. The van der Waals surface area contributed by atoms with Crippen LogP contribution in [0.1, 0.15) is 47.0 Å². The van der Waals surface area contributed by atoms with Crippen LogP contribution < -0.4 is 15.6 Å². The second-order valence-electron chi connectivity index (χ2n) is 9.75. The number of aromatic carboxylic acids is 1. The Balaban J connectivity index is 1.37. The molecular formula is C29H31N7O3. The highest BCUT2D eigenvalue weighted by atomic mass is 16.4. The zero-order chi connectivity index (χ0) is 27.4. The summed E-state index contributed by atoms with van der Waals surface area (Å²) in [6, 6.07) is 16.2. The Morgan fingerprint density at radius 2 is 1.79 bits per heavy atom. The quantitative estimate of drug-likeness (QED) is 0.191. The first-order chi connectivity index (χ1) is 18.9. The third-order valence-corrected chi connectivity index (χ3v) is 6.95. The highest BCUT2D eigenvalue weighted by Gasteiger charge is 2.20. The number of carboxylic acid groups (broad SMARTS) is 1. The summed E-state index contributed by atoms with van der Waals surface area (Å²) in [5.41, 5.74) is 6.79. The Hall–Kier alpha value is -4.73. The first kappa shape index (κ1) is 25.9. The van der Waals surface area contributed by atoms with Gasteiger partial charge in [-0.15, -0.1) is 0 Å². The molecule has 0 bridgehead atoms. The topological polar surface area (TPSA) is 129 Å². The van der Waals surface area contributed by atoms with Gasteiger partial charge in [-0.1, -0.05) is 37.3 Å². The molecule has 1 aliphatic rings. The van der Waals surface area contributed by atoms with Crippen molar-refractivity contribution in [1.82, 2.24) is 15.0 Å². The van der Waals surface area contributed by atoms with E-state index < -0.39 is 5.97 Å². The lowest BCUT2D eigenvalue weighted by Gasteiger charge is -2.30. The summed E-state index contributed by atoms with van der Waals surface area (Å²) < 4.78 is 5.83. The number of aromatic nitrogens is 3. The van der Waals surface area contributed by atoms with Gasteiger partial charge in [-0.25, -0.2) is 10.2 Å². The maximum absolute atomic E-state index is 11.6. The third-order valence-electron chi connectivity index (χ3n) is 6.95. The van der Waals surface area contributed by atoms with Gasteiger partial charge in [-0.05, 0) is 68.0 Å². The molecule has 10 nitrogen and oxygen atoms in total. The number of hydrazone groups is 1. The van der Waals surface area contributed by atoms with E-state index >= 15 is 0 Å². The zero-order valence-corrected chi connectivity index (χ0v) is 22.2. The van der Waals surface area contributed by atoms with Gasteiger partial charge in [0.1, 0.15) is 11.5 Å². The number of hydrogen-bond acceptors (Lipinski definition) is 9. The number of carboxylic acids is 1. The summed E-state index contributed by atoms with van der Waals surface area (Å²) in [4.78, 5) is 27.6. The van der Waals surface area contributed by atoms with Crippen LogP contribution in [-0.4, -0.2) is 45.3 Å². The van der Waals surface area contributed by atoms with Crippen LogP contribution in [0.15, 0.2) is 64.1 Å². The van der Waals surface area contributed by atoms with E-state index in [4.69, 9.17) is 9.40 Å². The van der Waals surface area contributed by atoms with Gasteiger partial charge in [0, 0.05) is 24.3 Å². The second-order valence-corrected chi connectivity index (χ2v) is 9.75. The summed E-state index contributed by atoms with van der Waals surface area (Å²) in [6.45, 7) is 8.14. The molecule has 0 atom stereocenters. The molecule has 3 N–H and O–H groups in total. The maximum Gasteiger partial charge on any atom is 0.336 e. The fraction of sp³-hybridized carbons (Fsp3) is 0.276. The van der Waals surface area contributed by atoms with Crippen molar-refractivity contribution in [1.29, 1.82) is 0 Å². The lowest BCUT2D eigenvalue weighted by atomic mass is 10.00. The zero-order valence-electron chi connectivity index (χ0n) is 22.2. The van der Waals surface area contributed by atoms with Crippen molar-refractivity contribution in [2.45, 2.75) is 33.6 Å². The number of aryl methyl sites for hydroxylation is 1. The minimum atomic E-state index is -1.02. The fourth-order valence-corrected chi connectivity index (χ4v) is 4.43. The van der Waals surface area contributed by atoms with Crippen LogP contribution in [0.25, 0.3) is 11.3 Å². The van der Waals surface area contributed by atoms with E-state index in [0.717, 1.165) is 37.2 Å². The highest BCUT2D eigenvalue weighted by Crippen LogP contribution is 2.27. The molecule has 2 aromatic heterocycles. The van der Waals surface area contributed by atoms with Gasteiger partial charge in [0.15, 0.2) is 0 Å². The molecule has 2 aromatic carbocycles. The predicted octanol–water partition coefficient (Wildman–Crippen LogP) is 5.87. The Labute approximate surface area is 226 Å². The molecule has 5 rings (SSSR count). The summed E-state index contributed by atoms with van der Waals surface area (Å²) in [5, 5.41) is 17.1. The molecule has 1 saturated heterocycles. The number of furan rings is 1. The van der Waals surface area contributed by atoms with Crippen LogP contribution in [0.2, 0.25) is 0 Å². The Bertz CT molecular complexity index is 1510. The molecule has 0 saturated carbocycles. The van der Waals surface area contributed by atoms with Gasteiger partial charge in [0.25, 0.3) is 0 Å². The minimum Gasteiger partial charge on any atom is -0.478 e. The van der Waals surface area contributed by atoms with E-state index in [-0.39, 0.29) is 5.56 Å². The van der Waals surface area contributed by atoms with Crippen molar-refractivity contribution < 1.29 is 14.3 Å². The van der Waals surface area contributed by atoms with Crippen molar-refractivity contribution in [2.24, 2.45) is 11.0 Å². The maximum atomic E-state index is 11.6. The van der Waals surface area contributed by atoms with Gasteiger partial charge in [-0.3, -0.25) is 0 Å². The van der Waals surface area contributed by atoms with Gasteiger partial charge < -0.3 is 19.7 Å². The summed E-state index contributed by atoms with van der Waals surface area (Å²) in [6.07, 6.45) is 3.66. The number of anilines is 4. The lowest BCUT2D eigenvalue weighted by molar-refractivity contribution is 0.0697. The monoisotopic (exact) mass is 525 g/mol. The normalized spacial score (nSPS) is 14.1. The van der Waals surface area contributed by atoms with Crippen LogP contribution in [0.3, 0.4) is 0 Å². The SMILES string of the molecule is Cc1cccc(Nc2nc(N/N=C\c3ccc(-c4ccccc4C(=O)O)o3)nc(N3CCC(C)CC3)n2)c1C. The molecule has 3 heterocycles. The Morgan fingerprint density at radius 3 is 2.59 bits per heavy atom. The molecule has 0 amide bonds. The first-order valence-electron chi connectivity index (χ1n) is 12.9. The van der Waals surface area contributed by atoms with E-state index in [1.54, 1.807) is 36.4 Å². The largest absolute Gasteiger partial charge is 0.478 e. The number of benzene rings is 2. The number of nitrogens with zero attached hydrogens (tertiary/aromatic N) is 5. The van der Waals surface area contributed by atoms with Crippen LogP contribution in [0, 0.1) is 19.8 Å². The summed E-state index contributed by atoms with van der Waals surface area (Å²) in [7, 11) is 0. The molecule has 10 heteroatoms. The van der Waals surface area contributed by atoms with E-state index in [9.17, 15) is 9.90 Å². The number of piperidine rings is 1. The molecular weight excluding hydrogens is 494 g/mol. The fourth-order valence-electron chi connectivity index (χ4n) is 4.43. The van der Waals surface area contributed by atoms with Crippen LogP contribution in [0.5, 0.6) is 0 Å². The predicted molar refractivity (Wildman–Crippen MR) is 152 cm³/mol.